The third-order valence-corrected chi connectivity index (χ3v) is 3.60. The maximum Gasteiger partial charge on any atom is 0.227 e. The average molecular weight is 277 g/mol. The Balaban J connectivity index is 0.00000256. The van der Waals surface area contributed by atoms with Crippen molar-refractivity contribution in [3.8, 4) is 0 Å². The van der Waals surface area contributed by atoms with Crippen molar-refractivity contribution in [1.82, 2.24) is 4.90 Å². The molecule has 98 valence electrons. The van der Waals surface area contributed by atoms with Gasteiger partial charge in [-0.15, -0.1) is 23.7 Å². The molecule has 0 bridgehead atoms. The van der Waals surface area contributed by atoms with Crippen molar-refractivity contribution < 1.29 is 4.79 Å². The molecule has 1 amide bonds. The van der Waals surface area contributed by atoms with Crippen LogP contribution in [0.5, 0.6) is 0 Å². The minimum absolute atomic E-state index is 0. The highest BCUT2D eigenvalue weighted by Gasteiger charge is 2.18. The van der Waals surface area contributed by atoms with E-state index in [0.717, 1.165) is 11.5 Å². The first-order valence-corrected chi connectivity index (χ1v) is 6.44. The van der Waals surface area contributed by atoms with Crippen LogP contribution in [0.15, 0.2) is 17.5 Å². The number of carbonyl (C=O) groups excluding carboxylic acids is 1. The van der Waals surface area contributed by atoms with Crippen LogP contribution in [0.4, 0.5) is 5.00 Å². The summed E-state index contributed by atoms with van der Waals surface area (Å²) in [5.74, 6) is 0.191. The van der Waals surface area contributed by atoms with E-state index in [1.165, 1.54) is 0 Å². The van der Waals surface area contributed by atoms with Gasteiger partial charge in [-0.3, -0.25) is 4.79 Å². The molecule has 17 heavy (non-hydrogen) atoms. The zero-order valence-corrected chi connectivity index (χ0v) is 12.5. The van der Waals surface area contributed by atoms with Crippen molar-refractivity contribution in [3.05, 3.63) is 17.5 Å². The molecule has 0 aliphatic heterocycles. The fourth-order valence-corrected chi connectivity index (χ4v) is 2.11. The van der Waals surface area contributed by atoms with Gasteiger partial charge in [-0.25, -0.2) is 0 Å². The standard InChI is InChI=1S/C12H20N2OS.ClH/c1-5-11(15)14(9-10(2)13(3)4)12-7-6-8-16-12;/h6-8,10H,5,9H2,1-4H3;1H. The van der Waals surface area contributed by atoms with E-state index in [1.54, 1.807) is 11.3 Å². The minimum atomic E-state index is 0. The number of nitrogens with zero attached hydrogens (tertiary/aromatic N) is 2. The number of halogens is 1. The lowest BCUT2D eigenvalue weighted by atomic mass is 10.2. The van der Waals surface area contributed by atoms with Gasteiger partial charge in [0, 0.05) is 19.0 Å². The molecule has 0 aliphatic carbocycles. The van der Waals surface area contributed by atoms with Crippen LogP contribution in [0, 0.1) is 0 Å². The van der Waals surface area contributed by atoms with E-state index in [1.807, 2.05) is 43.4 Å². The number of rotatable bonds is 5. The molecule has 0 saturated carbocycles. The summed E-state index contributed by atoms with van der Waals surface area (Å²) in [6.45, 7) is 4.78. The Morgan fingerprint density at radius 3 is 2.53 bits per heavy atom. The van der Waals surface area contributed by atoms with Crippen molar-refractivity contribution in [2.24, 2.45) is 0 Å². The smallest absolute Gasteiger partial charge is 0.227 e. The summed E-state index contributed by atoms with van der Waals surface area (Å²) in [4.78, 5) is 15.9. The van der Waals surface area contributed by atoms with E-state index in [0.29, 0.717) is 12.5 Å². The van der Waals surface area contributed by atoms with Gasteiger partial charge in [-0.2, -0.15) is 0 Å². The highest BCUT2D eigenvalue weighted by molar-refractivity contribution is 7.14. The number of hydrogen-bond donors (Lipinski definition) is 0. The zero-order valence-electron chi connectivity index (χ0n) is 10.8. The van der Waals surface area contributed by atoms with Gasteiger partial charge in [0.2, 0.25) is 5.91 Å². The van der Waals surface area contributed by atoms with Crippen molar-refractivity contribution >= 4 is 34.7 Å². The Bertz CT molecular complexity index is 327. The number of carbonyl (C=O) groups is 1. The molecule has 0 spiro atoms. The van der Waals surface area contributed by atoms with Crippen LogP contribution in [0.25, 0.3) is 0 Å². The van der Waals surface area contributed by atoms with E-state index in [4.69, 9.17) is 0 Å². The second-order valence-electron chi connectivity index (χ2n) is 4.12. The number of hydrogen-bond acceptors (Lipinski definition) is 3. The van der Waals surface area contributed by atoms with Crippen LogP contribution in [-0.2, 0) is 4.79 Å². The molecule has 0 aliphatic rings. The lowest BCUT2D eigenvalue weighted by Gasteiger charge is -2.28. The van der Waals surface area contributed by atoms with Gasteiger partial charge in [0.25, 0.3) is 0 Å². The highest BCUT2D eigenvalue weighted by Crippen LogP contribution is 2.22. The molecule has 0 N–H and O–H groups in total. The van der Waals surface area contributed by atoms with E-state index < -0.39 is 0 Å². The van der Waals surface area contributed by atoms with Crippen LogP contribution in [0.1, 0.15) is 20.3 Å². The summed E-state index contributed by atoms with van der Waals surface area (Å²) in [5.41, 5.74) is 0. The average Bonchev–Trinajstić information content (AvgIpc) is 2.77. The largest absolute Gasteiger partial charge is 0.305 e. The molecular weight excluding hydrogens is 256 g/mol. The summed E-state index contributed by atoms with van der Waals surface area (Å²) in [5, 5.41) is 3.05. The molecule has 0 saturated heterocycles. The first kappa shape index (κ1) is 16.4. The molecule has 3 nitrogen and oxygen atoms in total. The molecule has 1 atom stereocenters. The molecular formula is C12H21ClN2OS. The quantitative estimate of drug-likeness (QED) is 0.826. The number of anilines is 1. The summed E-state index contributed by atoms with van der Waals surface area (Å²) in [6.07, 6.45) is 0.554. The number of thiophene rings is 1. The second-order valence-corrected chi connectivity index (χ2v) is 5.05. The number of likely N-dealkylation sites (N-methyl/N-ethyl adjacent to an activating group) is 1. The highest BCUT2D eigenvalue weighted by atomic mass is 35.5. The monoisotopic (exact) mass is 276 g/mol. The van der Waals surface area contributed by atoms with Gasteiger partial charge in [0.1, 0.15) is 0 Å². The summed E-state index contributed by atoms with van der Waals surface area (Å²) in [6, 6.07) is 4.34. The molecule has 5 heteroatoms. The van der Waals surface area contributed by atoms with Crippen molar-refractivity contribution in [3.63, 3.8) is 0 Å². The predicted molar refractivity (Wildman–Crippen MR) is 77.4 cm³/mol. The Morgan fingerprint density at radius 2 is 2.12 bits per heavy atom. The van der Waals surface area contributed by atoms with Crippen LogP contribution >= 0.6 is 23.7 Å². The van der Waals surface area contributed by atoms with Crippen molar-refractivity contribution in [2.45, 2.75) is 26.3 Å². The molecule has 0 fully saturated rings. The predicted octanol–water partition coefficient (Wildman–Crippen LogP) is 2.86. The Morgan fingerprint density at radius 1 is 1.47 bits per heavy atom. The SMILES string of the molecule is CCC(=O)N(CC(C)N(C)C)c1cccs1.Cl. The van der Waals surface area contributed by atoms with Gasteiger partial charge in [0.05, 0.1) is 5.00 Å². The van der Waals surface area contributed by atoms with Gasteiger partial charge in [-0.1, -0.05) is 6.92 Å². The molecule has 1 aromatic heterocycles. The molecule has 1 unspecified atom stereocenters. The molecule has 1 rings (SSSR count). The van der Waals surface area contributed by atoms with E-state index in [2.05, 4.69) is 11.8 Å². The molecule has 0 radical (unpaired) electrons. The topological polar surface area (TPSA) is 23.6 Å². The van der Waals surface area contributed by atoms with Crippen molar-refractivity contribution in [2.75, 3.05) is 25.5 Å². The fraction of sp³-hybridized carbons (Fsp3) is 0.583. The maximum absolute atomic E-state index is 11.9. The Kier molecular flexibility index (Phi) is 7.43. The Hall–Kier alpha value is -0.580. The lowest BCUT2D eigenvalue weighted by Crippen LogP contribution is -2.41. The second kappa shape index (κ2) is 7.69. The normalized spacial score (nSPS) is 12.1. The Labute approximate surface area is 114 Å². The minimum Gasteiger partial charge on any atom is -0.305 e. The molecule has 1 heterocycles. The van der Waals surface area contributed by atoms with Gasteiger partial charge < -0.3 is 9.80 Å². The summed E-state index contributed by atoms with van der Waals surface area (Å²) < 4.78 is 0. The van der Waals surface area contributed by atoms with Gasteiger partial charge in [0.15, 0.2) is 0 Å². The third kappa shape index (κ3) is 4.66. The van der Waals surface area contributed by atoms with Crippen LogP contribution in [-0.4, -0.2) is 37.5 Å². The first-order valence-electron chi connectivity index (χ1n) is 5.56. The van der Waals surface area contributed by atoms with Crippen LogP contribution < -0.4 is 4.90 Å². The van der Waals surface area contributed by atoms with E-state index >= 15 is 0 Å². The summed E-state index contributed by atoms with van der Waals surface area (Å²) >= 11 is 1.62. The zero-order chi connectivity index (χ0) is 12.1. The fourth-order valence-electron chi connectivity index (χ4n) is 1.36. The first-order chi connectivity index (χ1) is 7.56. The van der Waals surface area contributed by atoms with E-state index in [9.17, 15) is 4.79 Å². The van der Waals surface area contributed by atoms with Gasteiger partial charge >= 0.3 is 0 Å². The van der Waals surface area contributed by atoms with Crippen LogP contribution in [0.2, 0.25) is 0 Å². The number of amides is 1. The van der Waals surface area contributed by atoms with Gasteiger partial charge in [-0.05, 0) is 38.5 Å². The third-order valence-electron chi connectivity index (χ3n) is 2.70. The van der Waals surface area contributed by atoms with E-state index in [-0.39, 0.29) is 18.3 Å². The summed E-state index contributed by atoms with van der Waals surface area (Å²) in [7, 11) is 4.07. The molecule has 0 aromatic carbocycles. The van der Waals surface area contributed by atoms with Crippen LogP contribution in [0.3, 0.4) is 0 Å². The lowest BCUT2D eigenvalue weighted by molar-refractivity contribution is -0.118. The molecule has 1 aromatic rings. The van der Waals surface area contributed by atoms with Crippen molar-refractivity contribution in [1.29, 1.82) is 0 Å². The maximum atomic E-state index is 11.9.